The molecule has 0 unspecified atom stereocenters. The highest BCUT2D eigenvalue weighted by atomic mass is 79.9. The van der Waals surface area contributed by atoms with E-state index in [1.54, 1.807) is 0 Å². The van der Waals surface area contributed by atoms with Crippen molar-refractivity contribution in [3.63, 3.8) is 0 Å². The molecule has 1 aromatic carbocycles. The van der Waals surface area contributed by atoms with Crippen LogP contribution in [0.3, 0.4) is 0 Å². The second kappa shape index (κ2) is 7.48. The van der Waals surface area contributed by atoms with Gasteiger partial charge in [0.05, 0.1) is 11.3 Å². The van der Waals surface area contributed by atoms with Crippen LogP contribution in [0.4, 0.5) is 10.1 Å². The van der Waals surface area contributed by atoms with Gasteiger partial charge in [-0.2, -0.15) is 0 Å². The first kappa shape index (κ1) is 16.0. The summed E-state index contributed by atoms with van der Waals surface area (Å²) < 4.78 is 13.6. The Bertz CT molecular complexity index is 449. The van der Waals surface area contributed by atoms with E-state index in [9.17, 15) is 9.18 Å². The number of unbranched alkanes of at least 4 members (excludes halogenated alkanes) is 1. The maximum absolute atomic E-state index is 13.2. The Morgan fingerprint density at radius 2 is 2.11 bits per heavy atom. The monoisotopic (exact) mass is 330 g/mol. The molecule has 19 heavy (non-hydrogen) atoms. The lowest BCUT2D eigenvalue weighted by Crippen LogP contribution is -2.25. The summed E-state index contributed by atoms with van der Waals surface area (Å²) in [5.74, 6) is -0.0785. The number of carbonyl (C=O) groups excluding carboxylic acids is 1. The molecule has 0 fully saturated rings. The molecule has 0 saturated heterocycles. The molecule has 0 spiro atoms. The number of halogens is 2. The average Bonchev–Trinajstić information content (AvgIpc) is 2.32. The minimum atomic E-state index is -0.527. The predicted molar refractivity (Wildman–Crippen MR) is 79.5 cm³/mol. The van der Waals surface area contributed by atoms with Crippen LogP contribution in [0.2, 0.25) is 0 Å². The van der Waals surface area contributed by atoms with Crippen molar-refractivity contribution in [1.29, 1.82) is 0 Å². The van der Waals surface area contributed by atoms with Crippen molar-refractivity contribution in [2.75, 3.05) is 12.3 Å². The van der Waals surface area contributed by atoms with Crippen LogP contribution in [0.25, 0.3) is 0 Å². The van der Waals surface area contributed by atoms with E-state index in [0.717, 1.165) is 19.3 Å². The average molecular weight is 331 g/mol. The van der Waals surface area contributed by atoms with Crippen LogP contribution in [-0.4, -0.2) is 12.5 Å². The van der Waals surface area contributed by atoms with Crippen LogP contribution in [0.5, 0.6) is 0 Å². The zero-order chi connectivity index (χ0) is 14.4. The maximum Gasteiger partial charge on any atom is 0.252 e. The minimum absolute atomic E-state index is 0.0202. The van der Waals surface area contributed by atoms with E-state index < -0.39 is 5.82 Å². The van der Waals surface area contributed by atoms with E-state index in [4.69, 9.17) is 5.73 Å². The predicted octanol–water partition coefficient (Wildman–Crippen LogP) is 3.73. The highest BCUT2D eigenvalue weighted by Gasteiger charge is 2.12. The SMILES string of the molecule is CC(C)CCCCNC(=O)c1cc(N)c(F)cc1Br. The number of rotatable bonds is 6. The summed E-state index contributed by atoms with van der Waals surface area (Å²) in [5.41, 5.74) is 5.80. The van der Waals surface area contributed by atoms with Crippen molar-refractivity contribution in [3.8, 4) is 0 Å². The Morgan fingerprint density at radius 3 is 2.74 bits per heavy atom. The molecule has 0 radical (unpaired) electrons. The molecule has 1 rings (SSSR count). The fourth-order valence-corrected chi connectivity index (χ4v) is 2.21. The number of anilines is 1. The molecular weight excluding hydrogens is 311 g/mol. The van der Waals surface area contributed by atoms with E-state index in [1.165, 1.54) is 12.1 Å². The molecule has 1 aromatic rings. The van der Waals surface area contributed by atoms with Crippen LogP contribution < -0.4 is 11.1 Å². The zero-order valence-electron chi connectivity index (χ0n) is 11.3. The van der Waals surface area contributed by atoms with Crippen LogP contribution in [0.1, 0.15) is 43.5 Å². The first-order valence-corrected chi connectivity index (χ1v) is 7.23. The molecule has 0 aromatic heterocycles. The normalized spacial score (nSPS) is 10.8. The summed E-state index contributed by atoms with van der Waals surface area (Å²) in [6, 6.07) is 2.56. The van der Waals surface area contributed by atoms with E-state index >= 15 is 0 Å². The van der Waals surface area contributed by atoms with Gasteiger partial charge >= 0.3 is 0 Å². The Balaban J connectivity index is 2.48. The molecule has 1 amide bonds. The second-order valence-electron chi connectivity index (χ2n) is 5.00. The lowest BCUT2D eigenvalue weighted by atomic mass is 10.1. The molecule has 0 aliphatic carbocycles. The van der Waals surface area contributed by atoms with Crippen molar-refractivity contribution in [3.05, 3.63) is 28.0 Å². The molecule has 0 saturated carbocycles. The van der Waals surface area contributed by atoms with Gasteiger partial charge in [0, 0.05) is 11.0 Å². The summed E-state index contributed by atoms with van der Waals surface area (Å²) in [7, 11) is 0. The van der Waals surface area contributed by atoms with Crippen molar-refractivity contribution in [2.24, 2.45) is 5.92 Å². The van der Waals surface area contributed by atoms with Crippen LogP contribution in [-0.2, 0) is 0 Å². The van der Waals surface area contributed by atoms with Crippen molar-refractivity contribution in [2.45, 2.75) is 33.1 Å². The fraction of sp³-hybridized carbons (Fsp3) is 0.500. The molecule has 5 heteroatoms. The standard InChI is InChI=1S/C14H20BrFN2O/c1-9(2)5-3-4-6-18-14(19)10-7-13(17)12(16)8-11(10)15/h7-9H,3-6,17H2,1-2H3,(H,18,19). The van der Waals surface area contributed by atoms with Gasteiger partial charge in [-0.05, 0) is 40.4 Å². The molecule has 0 aliphatic heterocycles. The summed E-state index contributed by atoms with van der Waals surface area (Å²) >= 11 is 3.17. The number of hydrogen-bond acceptors (Lipinski definition) is 2. The fourth-order valence-electron chi connectivity index (χ4n) is 1.71. The third-order valence-electron chi connectivity index (χ3n) is 2.82. The Kier molecular flexibility index (Phi) is 6.28. The van der Waals surface area contributed by atoms with Crippen LogP contribution >= 0.6 is 15.9 Å². The van der Waals surface area contributed by atoms with Gasteiger partial charge in [-0.1, -0.05) is 26.7 Å². The van der Waals surface area contributed by atoms with Crippen molar-refractivity contribution >= 4 is 27.5 Å². The van der Waals surface area contributed by atoms with Gasteiger partial charge in [0.25, 0.3) is 5.91 Å². The molecule has 0 heterocycles. The molecular formula is C14H20BrFN2O. The van der Waals surface area contributed by atoms with Gasteiger partial charge in [0.2, 0.25) is 0 Å². The second-order valence-corrected chi connectivity index (χ2v) is 5.85. The van der Waals surface area contributed by atoms with Gasteiger partial charge in [-0.25, -0.2) is 4.39 Å². The summed E-state index contributed by atoms with van der Waals surface area (Å²) in [4.78, 5) is 11.9. The third-order valence-corrected chi connectivity index (χ3v) is 3.48. The Hall–Kier alpha value is -1.10. The van der Waals surface area contributed by atoms with E-state index in [-0.39, 0.29) is 11.6 Å². The highest BCUT2D eigenvalue weighted by Crippen LogP contribution is 2.22. The Labute approximate surface area is 121 Å². The van der Waals surface area contributed by atoms with Gasteiger partial charge in [0.15, 0.2) is 0 Å². The molecule has 106 valence electrons. The van der Waals surface area contributed by atoms with Crippen LogP contribution in [0, 0.1) is 11.7 Å². The molecule has 0 bridgehead atoms. The van der Waals surface area contributed by atoms with E-state index in [0.29, 0.717) is 22.5 Å². The van der Waals surface area contributed by atoms with Crippen molar-refractivity contribution in [1.82, 2.24) is 5.32 Å². The smallest absolute Gasteiger partial charge is 0.252 e. The van der Waals surface area contributed by atoms with Crippen LogP contribution in [0.15, 0.2) is 16.6 Å². The van der Waals surface area contributed by atoms with Gasteiger partial charge in [-0.15, -0.1) is 0 Å². The van der Waals surface area contributed by atoms with Gasteiger partial charge in [-0.3, -0.25) is 4.79 Å². The number of benzene rings is 1. The van der Waals surface area contributed by atoms with Gasteiger partial charge < -0.3 is 11.1 Å². The molecule has 0 aliphatic rings. The highest BCUT2D eigenvalue weighted by molar-refractivity contribution is 9.10. The summed E-state index contributed by atoms with van der Waals surface area (Å²) in [5, 5.41) is 2.81. The van der Waals surface area contributed by atoms with Crippen molar-refractivity contribution < 1.29 is 9.18 Å². The first-order valence-electron chi connectivity index (χ1n) is 6.44. The third kappa shape index (κ3) is 5.19. The molecule has 0 atom stereocenters. The maximum atomic E-state index is 13.2. The number of nitrogens with one attached hydrogen (secondary N) is 1. The number of carbonyl (C=O) groups is 1. The number of hydrogen-bond donors (Lipinski definition) is 2. The lowest BCUT2D eigenvalue weighted by molar-refractivity contribution is 0.0952. The largest absolute Gasteiger partial charge is 0.396 e. The molecule has 3 N–H and O–H groups in total. The number of nitrogen functional groups attached to an aromatic ring is 1. The quantitative estimate of drug-likeness (QED) is 0.616. The Morgan fingerprint density at radius 1 is 1.42 bits per heavy atom. The lowest BCUT2D eigenvalue weighted by Gasteiger charge is -2.09. The zero-order valence-corrected chi connectivity index (χ0v) is 12.9. The van der Waals surface area contributed by atoms with E-state index in [1.807, 2.05) is 0 Å². The summed E-state index contributed by atoms with van der Waals surface area (Å²) in [6.07, 6.45) is 3.19. The number of nitrogens with two attached hydrogens (primary N) is 1. The van der Waals surface area contributed by atoms with Gasteiger partial charge in [0.1, 0.15) is 5.82 Å². The van der Waals surface area contributed by atoms with E-state index in [2.05, 4.69) is 35.1 Å². The summed E-state index contributed by atoms with van der Waals surface area (Å²) in [6.45, 7) is 4.98. The number of amides is 1. The topological polar surface area (TPSA) is 55.1 Å². The minimum Gasteiger partial charge on any atom is -0.396 e. The first-order chi connectivity index (χ1) is 8.91. The molecule has 3 nitrogen and oxygen atoms in total.